The quantitative estimate of drug-likeness (QED) is 0.280. The lowest BCUT2D eigenvalue weighted by atomic mass is 9.76. The van der Waals surface area contributed by atoms with Crippen LogP contribution in [0.15, 0.2) is 34.8 Å². The first-order valence-electron chi connectivity index (χ1n) is 8.70. The molecular weight excluding hydrogens is 470 g/mol. The Morgan fingerprint density at radius 1 is 1.21 bits per heavy atom. The van der Waals surface area contributed by atoms with Crippen LogP contribution in [0.4, 0.5) is 5.69 Å². The van der Waals surface area contributed by atoms with Crippen LogP contribution in [0, 0.1) is 11.8 Å². The lowest BCUT2D eigenvalue weighted by Gasteiger charge is -2.34. The maximum Gasteiger partial charge on any atom is 0.305 e. The monoisotopic (exact) mass is 483 g/mol. The largest absolute Gasteiger partial charge is 0.422 e. The average molecular weight is 485 g/mol. The lowest BCUT2D eigenvalue weighted by Crippen LogP contribution is -2.52. The minimum Gasteiger partial charge on any atom is -0.422 e. The van der Waals surface area contributed by atoms with E-state index >= 15 is 0 Å². The molecule has 0 saturated carbocycles. The molecule has 3 heterocycles. The highest BCUT2D eigenvalue weighted by Crippen LogP contribution is 2.54. The Morgan fingerprint density at radius 3 is 2.45 bits per heavy atom. The van der Waals surface area contributed by atoms with Gasteiger partial charge in [-0.25, -0.2) is 4.90 Å². The van der Waals surface area contributed by atoms with Crippen molar-refractivity contribution in [3.05, 3.63) is 39.8 Å². The van der Waals surface area contributed by atoms with Crippen molar-refractivity contribution >= 4 is 57.0 Å². The summed E-state index contributed by atoms with van der Waals surface area (Å²) in [5.41, 5.74) is -1.26. The average Bonchev–Trinajstić information content (AvgIpc) is 3.28. The number of fused-ring (bicyclic) bond motifs is 5. The van der Waals surface area contributed by atoms with E-state index in [0.29, 0.717) is 15.2 Å². The number of ether oxygens (including phenoxy) is 3. The number of amides is 2. The van der Waals surface area contributed by atoms with Gasteiger partial charge in [0.05, 0.1) is 28.6 Å². The van der Waals surface area contributed by atoms with Crippen LogP contribution >= 0.6 is 27.5 Å². The zero-order chi connectivity index (χ0) is 21.1. The van der Waals surface area contributed by atoms with Crippen LogP contribution in [0.1, 0.15) is 13.8 Å². The number of anilines is 1. The van der Waals surface area contributed by atoms with E-state index in [1.54, 1.807) is 18.2 Å². The molecule has 8 nitrogen and oxygen atoms in total. The van der Waals surface area contributed by atoms with E-state index in [2.05, 4.69) is 15.9 Å². The summed E-state index contributed by atoms with van der Waals surface area (Å²) in [6, 6.07) is 4.72. The van der Waals surface area contributed by atoms with Gasteiger partial charge in [-0.2, -0.15) is 0 Å². The van der Waals surface area contributed by atoms with Gasteiger partial charge in [0.2, 0.25) is 11.8 Å². The van der Waals surface area contributed by atoms with Crippen LogP contribution in [0.25, 0.3) is 0 Å². The molecule has 0 N–H and O–H groups in total. The molecule has 1 aromatic rings. The van der Waals surface area contributed by atoms with Crippen molar-refractivity contribution in [3.8, 4) is 0 Å². The van der Waals surface area contributed by atoms with E-state index in [1.165, 1.54) is 12.1 Å². The van der Waals surface area contributed by atoms with Crippen molar-refractivity contribution in [1.82, 2.24) is 0 Å². The number of hydrogen-bond donors (Lipinski definition) is 0. The Balaban J connectivity index is 1.75. The second-order valence-corrected chi connectivity index (χ2v) is 8.22. The number of esters is 2. The molecule has 1 aromatic carbocycles. The van der Waals surface area contributed by atoms with Crippen molar-refractivity contribution in [2.45, 2.75) is 31.8 Å². The topological polar surface area (TPSA) is 99.2 Å². The minimum atomic E-state index is -1.58. The first kappa shape index (κ1) is 20.1. The van der Waals surface area contributed by atoms with Crippen LogP contribution in [-0.4, -0.2) is 41.7 Å². The van der Waals surface area contributed by atoms with E-state index < -0.39 is 53.6 Å². The van der Waals surface area contributed by atoms with E-state index in [4.69, 9.17) is 25.8 Å². The second kappa shape index (κ2) is 6.93. The van der Waals surface area contributed by atoms with Gasteiger partial charge in [-0.15, -0.1) is 0 Å². The van der Waals surface area contributed by atoms with Crippen LogP contribution in [0.5, 0.6) is 0 Å². The number of benzene rings is 1. The molecule has 152 valence electrons. The molecule has 3 aliphatic rings. The lowest BCUT2D eigenvalue weighted by molar-refractivity contribution is -0.226. The molecule has 2 amide bonds. The number of nitrogens with zero attached hydrogens (tertiary/aromatic N) is 1. The highest BCUT2D eigenvalue weighted by Gasteiger charge is 2.72. The molecule has 3 aliphatic heterocycles. The van der Waals surface area contributed by atoms with Gasteiger partial charge >= 0.3 is 11.9 Å². The molecule has 0 unspecified atom stereocenters. The molecule has 0 radical (unpaired) electrons. The number of carbonyl (C=O) groups excluding carboxylic acids is 4. The van der Waals surface area contributed by atoms with Crippen molar-refractivity contribution in [2.75, 3.05) is 4.90 Å². The first-order valence-corrected chi connectivity index (χ1v) is 9.87. The fraction of sp³-hybridized carbons (Fsp3) is 0.368. The van der Waals surface area contributed by atoms with Crippen molar-refractivity contribution in [2.24, 2.45) is 11.8 Å². The van der Waals surface area contributed by atoms with Gasteiger partial charge in [0.15, 0.2) is 5.60 Å². The maximum atomic E-state index is 13.3. The fourth-order valence-electron chi connectivity index (χ4n) is 4.10. The SMILES string of the molecule is CC(=O)OC(OC(C)=O)[C@@]12C=C[C@@H](O1)[C@H]1C(=O)N(c3ccc(Br)c(Cl)c3)C(=O)[C@H]12. The molecule has 2 fully saturated rings. The summed E-state index contributed by atoms with van der Waals surface area (Å²) >= 11 is 9.39. The third kappa shape index (κ3) is 2.99. The Hall–Kier alpha value is -2.23. The Bertz CT molecular complexity index is 963. The van der Waals surface area contributed by atoms with Gasteiger partial charge in [-0.3, -0.25) is 19.2 Å². The summed E-state index contributed by atoms with van der Waals surface area (Å²) in [5, 5.41) is 0.338. The fourth-order valence-corrected chi connectivity index (χ4v) is 4.52. The summed E-state index contributed by atoms with van der Waals surface area (Å²) in [4.78, 5) is 50.6. The summed E-state index contributed by atoms with van der Waals surface area (Å²) in [5.74, 6) is -4.29. The predicted molar refractivity (Wildman–Crippen MR) is 103 cm³/mol. The third-order valence-corrected chi connectivity index (χ3v) is 6.39. The van der Waals surface area contributed by atoms with Gasteiger partial charge in [0.1, 0.15) is 0 Å². The number of hydrogen-bond acceptors (Lipinski definition) is 7. The summed E-state index contributed by atoms with van der Waals surface area (Å²) < 4.78 is 16.8. The molecule has 0 aromatic heterocycles. The maximum absolute atomic E-state index is 13.3. The van der Waals surface area contributed by atoms with Crippen LogP contribution in [-0.2, 0) is 33.4 Å². The highest BCUT2D eigenvalue weighted by atomic mass is 79.9. The Labute approximate surface area is 178 Å². The van der Waals surface area contributed by atoms with E-state index in [1.807, 2.05) is 0 Å². The van der Waals surface area contributed by atoms with E-state index in [-0.39, 0.29) is 0 Å². The zero-order valence-electron chi connectivity index (χ0n) is 15.3. The molecule has 4 atom stereocenters. The van der Waals surface area contributed by atoms with Crippen molar-refractivity contribution < 1.29 is 33.4 Å². The zero-order valence-corrected chi connectivity index (χ0v) is 17.6. The summed E-state index contributed by atoms with van der Waals surface area (Å²) in [6.07, 6.45) is 0.933. The standard InChI is InChI=1S/C19H15BrClNO7/c1-8(23)27-18(28-9(2)24)19-6-5-13(29-19)14-15(19)17(26)22(16(14)25)10-3-4-11(20)12(21)7-10/h3-7,13-15,18H,1-2H3/t13-,14-,15+,19+/m1/s1. The van der Waals surface area contributed by atoms with Crippen LogP contribution in [0.2, 0.25) is 5.02 Å². The normalized spacial score (nSPS) is 29.6. The molecule has 4 rings (SSSR count). The Morgan fingerprint density at radius 2 is 1.86 bits per heavy atom. The Kier molecular flexibility index (Phi) is 4.79. The molecular formula is C19H15BrClNO7. The first-order chi connectivity index (χ1) is 13.7. The van der Waals surface area contributed by atoms with Crippen molar-refractivity contribution in [1.29, 1.82) is 0 Å². The van der Waals surface area contributed by atoms with Crippen molar-refractivity contribution in [3.63, 3.8) is 0 Å². The highest BCUT2D eigenvalue weighted by molar-refractivity contribution is 9.10. The van der Waals surface area contributed by atoms with E-state index in [0.717, 1.165) is 18.7 Å². The van der Waals surface area contributed by atoms with E-state index in [9.17, 15) is 19.2 Å². The molecule has 2 saturated heterocycles. The number of rotatable bonds is 4. The minimum absolute atomic E-state index is 0.314. The van der Waals surface area contributed by atoms with Crippen LogP contribution in [0.3, 0.4) is 0 Å². The predicted octanol–water partition coefficient (Wildman–Crippen LogP) is 2.37. The second-order valence-electron chi connectivity index (χ2n) is 6.96. The molecule has 0 spiro atoms. The van der Waals surface area contributed by atoms with Gasteiger partial charge in [0, 0.05) is 18.3 Å². The van der Waals surface area contributed by atoms with Gasteiger partial charge < -0.3 is 14.2 Å². The molecule has 10 heteroatoms. The van der Waals surface area contributed by atoms with Gasteiger partial charge in [-0.1, -0.05) is 17.7 Å². The summed E-state index contributed by atoms with van der Waals surface area (Å²) in [7, 11) is 0. The molecule has 0 aliphatic carbocycles. The third-order valence-electron chi connectivity index (χ3n) is 5.15. The van der Waals surface area contributed by atoms with Gasteiger partial charge in [-0.05, 0) is 40.2 Å². The van der Waals surface area contributed by atoms with Gasteiger partial charge in [0.25, 0.3) is 6.29 Å². The van der Waals surface area contributed by atoms with Crippen LogP contribution < -0.4 is 4.90 Å². The summed E-state index contributed by atoms with van der Waals surface area (Å²) in [6.45, 7) is 2.29. The molecule has 2 bridgehead atoms. The smallest absolute Gasteiger partial charge is 0.305 e. The number of carbonyl (C=O) groups is 4. The number of imide groups is 1. The number of halogens is 2. The molecule has 29 heavy (non-hydrogen) atoms.